The van der Waals surface area contributed by atoms with E-state index in [1.807, 2.05) is 6.92 Å². The van der Waals surface area contributed by atoms with Gasteiger partial charge in [0.2, 0.25) is 0 Å². The van der Waals surface area contributed by atoms with Gasteiger partial charge in [-0.05, 0) is 6.42 Å². The normalized spacial score (nSPS) is 12.5. The average Bonchev–Trinajstić information content (AvgIpc) is 1.89. The molecule has 0 heterocycles. The molecule has 0 amide bonds. The number of rotatable bonds is 5. The van der Waals surface area contributed by atoms with Gasteiger partial charge in [0.05, 0.1) is 0 Å². The highest BCUT2D eigenvalue weighted by molar-refractivity contribution is 7.64. The van der Waals surface area contributed by atoms with E-state index >= 15 is 0 Å². The SMILES string of the molecule is CCC[P+](O)(O)C(OC)OC. The molecule has 0 aromatic heterocycles. The maximum atomic E-state index is 9.39. The Hall–Kier alpha value is 0.270. The van der Waals surface area contributed by atoms with Crippen LogP contribution >= 0.6 is 7.72 Å². The van der Waals surface area contributed by atoms with Crippen molar-refractivity contribution in [1.29, 1.82) is 0 Å². The molecule has 0 rings (SSSR count). The monoisotopic (exact) mass is 183 g/mol. The topological polar surface area (TPSA) is 58.9 Å². The van der Waals surface area contributed by atoms with Gasteiger partial charge in [-0.1, -0.05) is 6.92 Å². The van der Waals surface area contributed by atoms with Crippen molar-refractivity contribution in [3.63, 3.8) is 0 Å². The maximum absolute atomic E-state index is 9.39. The Morgan fingerprint density at radius 1 is 1.27 bits per heavy atom. The molecule has 0 unspecified atom stereocenters. The quantitative estimate of drug-likeness (QED) is 0.489. The van der Waals surface area contributed by atoms with Gasteiger partial charge in [0.25, 0.3) is 0 Å². The van der Waals surface area contributed by atoms with Gasteiger partial charge in [0, 0.05) is 14.2 Å². The molecule has 0 radical (unpaired) electrons. The Labute approximate surface area is 67.6 Å². The molecule has 0 aliphatic heterocycles. The first-order valence-corrected chi connectivity index (χ1v) is 5.42. The van der Waals surface area contributed by atoms with Crippen LogP contribution in [0.2, 0.25) is 0 Å². The standard InChI is InChI=1S/C6H16O4P/c1-4-5-11(7,8)6(9-2)10-3/h6-8H,4-5H2,1-3H3/q+1. The maximum Gasteiger partial charge on any atom is 0.328 e. The van der Waals surface area contributed by atoms with Crippen LogP contribution in [0.5, 0.6) is 0 Å². The molecule has 68 valence electrons. The first-order chi connectivity index (χ1) is 5.08. The fourth-order valence-corrected chi connectivity index (χ4v) is 2.41. The Bertz CT molecular complexity index is 103. The van der Waals surface area contributed by atoms with Crippen LogP contribution in [0.4, 0.5) is 0 Å². The second-order valence-corrected chi connectivity index (χ2v) is 4.73. The van der Waals surface area contributed by atoms with Gasteiger partial charge >= 0.3 is 13.7 Å². The van der Waals surface area contributed by atoms with Crippen LogP contribution < -0.4 is 0 Å². The summed E-state index contributed by atoms with van der Waals surface area (Å²) in [4.78, 5) is 18.8. The van der Waals surface area contributed by atoms with Crippen LogP contribution in [-0.4, -0.2) is 36.2 Å². The molecular weight excluding hydrogens is 167 g/mol. The van der Waals surface area contributed by atoms with E-state index in [1.165, 1.54) is 14.2 Å². The molecule has 0 saturated carbocycles. The second-order valence-electron chi connectivity index (χ2n) is 2.29. The fourth-order valence-electron chi connectivity index (χ4n) is 0.868. The molecule has 4 nitrogen and oxygen atoms in total. The lowest BCUT2D eigenvalue weighted by atomic mass is 10.6. The van der Waals surface area contributed by atoms with Crippen LogP contribution in [0.1, 0.15) is 13.3 Å². The Morgan fingerprint density at radius 3 is 2.00 bits per heavy atom. The van der Waals surface area contributed by atoms with E-state index in [1.54, 1.807) is 0 Å². The average molecular weight is 183 g/mol. The lowest BCUT2D eigenvalue weighted by molar-refractivity contribution is -0.0542. The van der Waals surface area contributed by atoms with Gasteiger partial charge in [-0.3, -0.25) is 0 Å². The third-order valence-corrected chi connectivity index (χ3v) is 3.50. The highest BCUT2D eigenvalue weighted by Gasteiger charge is 2.44. The smallest absolute Gasteiger partial charge is 0.321 e. The Kier molecular flexibility index (Phi) is 5.13. The van der Waals surface area contributed by atoms with Crippen molar-refractivity contribution >= 4 is 7.72 Å². The van der Waals surface area contributed by atoms with Crippen molar-refractivity contribution in [2.45, 2.75) is 19.4 Å². The Balaban J connectivity index is 4.00. The van der Waals surface area contributed by atoms with Gasteiger partial charge in [0.15, 0.2) is 0 Å². The van der Waals surface area contributed by atoms with Gasteiger partial charge < -0.3 is 9.47 Å². The van der Waals surface area contributed by atoms with E-state index in [4.69, 9.17) is 9.47 Å². The lowest BCUT2D eigenvalue weighted by Gasteiger charge is -2.18. The molecule has 0 bridgehead atoms. The van der Waals surface area contributed by atoms with E-state index in [0.717, 1.165) is 0 Å². The third-order valence-electron chi connectivity index (χ3n) is 1.29. The number of methoxy groups -OCH3 is 2. The summed E-state index contributed by atoms with van der Waals surface area (Å²) in [6, 6.07) is -0.859. The van der Waals surface area contributed by atoms with Crippen LogP contribution in [-0.2, 0) is 9.47 Å². The van der Waals surface area contributed by atoms with Crippen molar-refractivity contribution in [3.05, 3.63) is 0 Å². The summed E-state index contributed by atoms with van der Waals surface area (Å²) in [5.41, 5.74) is 0. The Morgan fingerprint density at radius 2 is 1.73 bits per heavy atom. The zero-order valence-electron chi connectivity index (χ0n) is 7.15. The van der Waals surface area contributed by atoms with Crippen LogP contribution in [0.3, 0.4) is 0 Å². The van der Waals surface area contributed by atoms with Gasteiger partial charge in [-0.15, -0.1) is 0 Å². The van der Waals surface area contributed by atoms with Crippen molar-refractivity contribution < 1.29 is 19.3 Å². The minimum Gasteiger partial charge on any atom is -0.321 e. The predicted molar refractivity (Wildman–Crippen MR) is 44.3 cm³/mol. The molecule has 5 heteroatoms. The molecule has 0 aliphatic carbocycles. The van der Waals surface area contributed by atoms with Crippen molar-refractivity contribution in [3.8, 4) is 0 Å². The highest BCUT2D eigenvalue weighted by Crippen LogP contribution is 2.55. The van der Waals surface area contributed by atoms with Gasteiger partial charge in [-0.25, -0.2) is 9.79 Å². The van der Waals surface area contributed by atoms with Gasteiger partial charge in [-0.2, -0.15) is 0 Å². The molecule has 0 fully saturated rings. The van der Waals surface area contributed by atoms with E-state index in [-0.39, 0.29) is 0 Å². The molecule has 0 aromatic carbocycles. The van der Waals surface area contributed by atoms with E-state index in [0.29, 0.717) is 12.6 Å². The summed E-state index contributed by atoms with van der Waals surface area (Å²) in [7, 11) is -0.209. The minimum atomic E-state index is -3.00. The first kappa shape index (κ1) is 11.3. The summed E-state index contributed by atoms with van der Waals surface area (Å²) >= 11 is 0. The number of hydrogen-bond acceptors (Lipinski definition) is 4. The highest BCUT2D eigenvalue weighted by atomic mass is 31.2. The summed E-state index contributed by atoms with van der Waals surface area (Å²) < 4.78 is 9.49. The third kappa shape index (κ3) is 3.45. The van der Waals surface area contributed by atoms with Crippen LogP contribution in [0, 0.1) is 0 Å². The summed E-state index contributed by atoms with van der Waals surface area (Å²) in [6.07, 6.45) is 1.06. The molecule has 0 spiro atoms. The van der Waals surface area contributed by atoms with Crippen molar-refractivity contribution in [1.82, 2.24) is 0 Å². The summed E-state index contributed by atoms with van der Waals surface area (Å²) in [6.45, 7) is 1.88. The van der Waals surface area contributed by atoms with Crippen LogP contribution in [0.25, 0.3) is 0 Å². The molecule has 0 saturated heterocycles. The van der Waals surface area contributed by atoms with Crippen molar-refractivity contribution in [2.24, 2.45) is 0 Å². The molecule has 0 atom stereocenters. The second kappa shape index (κ2) is 5.01. The van der Waals surface area contributed by atoms with E-state index < -0.39 is 13.7 Å². The number of hydrogen-bond donors (Lipinski definition) is 2. The summed E-state index contributed by atoms with van der Waals surface area (Å²) in [5.74, 6) is 0. The zero-order valence-corrected chi connectivity index (χ0v) is 8.04. The molecule has 0 aromatic rings. The first-order valence-electron chi connectivity index (χ1n) is 3.47. The number of ether oxygens (including phenoxy) is 2. The van der Waals surface area contributed by atoms with Crippen LogP contribution in [0.15, 0.2) is 0 Å². The molecule has 11 heavy (non-hydrogen) atoms. The largest absolute Gasteiger partial charge is 0.328 e. The summed E-state index contributed by atoms with van der Waals surface area (Å²) in [5, 5.41) is 0. The molecular formula is C6H16O4P+. The zero-order chi connectivity index (χ0) is 8.91. The fraction of sp³-hybridized carbons (Fsp3) is 1.00. The predicted octanol–water partition coefficient (Wildman–Crippen LogP) is 0.805. The molecule has 0 aliphatic rings. The van der Waals surface area contributed by atoms with Crippen molar-refractivity contribution in [2.75, 3.05) is 20.4 Å². The lowest BCUT2D eigenvalue weighted by Crippen LogP contribution is -2.19. The van der Waals surface area contributed by atoms with Gasteiger partial charge in [0.1, 0.15) is 6.16 Å². The molecule has 2 N–H and O–H groups in total. The van der Waals surface area contributed by atoms with E-state index in [2.05, 4.69) is 0 Å². The minimum absolute atomic E-state index is 0.347. The van der Waals surface area contributed by atoms with E-state index in [9.17, 15) is 9.79 Å².